The van der Waals surface area contributed by atoms with E-state index < -0.39 is 32.4 Å². The molecule has 5 rings (SSSR count). The lowest BCUT2D eigenvalue weighted by Crippen LogP contribution is -2.68. The van der Waals surface area contributed by atoms with Crippen LogP contribution < -0.4 is 15.8 Å². The second-order valence-corrected chi connectivity index (χ2v) is 12.1. The first-order valence-electron chi connectivity index (χ1n) is 10.3. The lowest BCUT2D eigenvalue weighted by Gasteiger charge is -2.61. The second-order valence-electron chi connectivity index (χ2n) is 10.0. The Labute approximate surface area is 182 Å². The number of sulfonamides is 1. The fourth-order valence-corrected chi connectivity index (χ4v) is 8.09. The van der Waals surface area contributed by atoms with Crippen molar-refractivity contribution in [2.45, 2.75) is 68.3 Å². The molecule has 0 spiro atoms. The van der Waals surface area contributed by atoms with Gasteiger partial charge in [-0.3, -0.25) is 9.59 Å². The number of carbonyl (C=O) groups is 2. The maximum atomic E-state index is 13.2. The summed E-state index contributed by atoms with van der Waals surface area (Å²) in [5, 5.41) is 3.22. The molecule has 4 aliphatic rings. The first-order chi connectivity index (χ1) is 13.9. The minimum absolute atomic E-state index is 0.0740. The van der Waals surface area contributed by atoms with Gasteiger partial charge in [0, 0.05) is 5.54 Å². The maximum Gasteiger partial charge on any atom is 0.243 e. The number of rotatable bonds is 6. The van der Waals surface area contributed by atoms with Gasteiger partial charge in [0.25, 0.3) is 0 Å². The molecule has 7 nitrogen and oxygen atoms in total. The number of nitrogens with one attached hydrogen (secondary N) is 2. The molecule has 2 unspecified atom stereocenters. The quantitative estimate of drug-likeness (QED) is 0.612. The highest BCUT2D eigenvalue weighted by Crippen LogP contribution is 2.61. The van der Waals surface area contributed by atoms with Crippen LogP contribution in [0.4, 0.5) is 0 Å². The third-order valence-electron chi connectivity index (χ3n) is 7.05. The van der Waals surface area contributed by atoms with Crippen molar-refractivity contribution in [3.05, 3.63) is 29.3 Å². The van der Waals surface area contributed by atoms with Crippen molar-refractivity contribution in [1.29, 1.82) is 0 Å². The van der Waals surface area contributed by atoms with Gasteiger partial charge in [0.1, 0.15) is 10.4 Å². The van der Waals surface area contributed by atoms with E-state index in [0.717, 1.165) is 32.1 Å². The maximum absolute atomic E-state index is 13.2. The highest BCUT2D eigenvalue weighted by Gasteiger charge is 2.61. The molecule has 1 aromatic carbocycles. The fourth-order valence-electron chi connectivity index (χ4n) is 6.19. The van der Waals surface area contributed by atoms with E-state index in [1.165, 1.54) is 26.0 Å². The summed E-state index contributed by atoms with van der Waals surface area (Å²) in [7, 11) is -4.00. The molecule has 2 amide bonds. The molecular weight excluding hydrogens is 426 g/mol. The van der Waals surface area contributed by atoms with Crippen molar-refractivity contribution in [2.24, 2.45) is 23.0 Å². The summed E-state index contributed by atoms with van der Waals surface area (Å²) in [6.07, 6.45) is 4.78. The van der Waals surface area contributed by atoms with E-state index in [0.29, 0.717) is 18.3 Å². The van der Waals surface area contributed by atoms with Gasteiger partial charge in [-0.15, -0.1) is 0 Å². The molecule has 30 heavy (non-hydrogen) atoms. The summed E-state index contributed by atoms with van der Waals surface area (Å²) in [4.78, 5) is 25.4. The first-order valence-corrected chi connectivity index (χ1v) is 12.1. The molecule has 9 heteroatoms. The summed E-state index contributed by atoms with van der Waals surface area (Å²) >= 11 is 6.04. The zero-order chi connectivity index (χ0) is 21.9. The van der Waals surface area contributed by atoms with Crippen molar-refractivity contribution >= 4 is 33.4 Å². The van der Waals surface area contributed by atoms with E-state index in [-0.39, 0.29) is 15.8 Å². The van der Waals surface area contributed by atoms with Gasteiger partial charge < -0.3 is 11.1 Å². The molecule has 0 aromatic heterocycles. The van der Waals surface area contributed by atoms with Crippen LogP contribution in [0.1, 0.15) is 52.4 Å². The second kappa shape index (κ2) is 6.93. The Morgan fingerprint density at radius 2 is 1.73 bits per heavy atom. The summed E-state index contributed by atoms with van der Waals surface area (Å²) in [5.74, 6) is 0.0255. The standard InChI is InChI=1S/C21H28ClN3O4S/c1-19(2,25-30(28,29)16-6-4-3-5-15(16)22)18(27)24-21-10-13-7-14(11-21)9-20(8-13,12-21)17(23)26/h3-6,13-14,25H,7-12H2,1-2H3,(H2,23,26)(H,24,27). The van der Waals surface area contributed by atoms with Crippen LogP contribution in [0.2, 0.25) is 5.02 Å². The molecule has 164 valence electrons. The third-order valence-corrected chi connectivity index (χ3v) is 9.20. The van der Waals surface area contributed by atoms with E-state index in [2.05, 4.69) is 10.0 Å². The van der Waals surface area contributed by atoms with Crippen molar-refractivity contribution in [3.63, 3.8) is 0 Å². The molecule has 0 aliphatic heterocycles. The molecule has 4 saturated carbocycles. The van der Waals surface area contributed by atoms with Crippen LogP contribution in [0, 0.1) is 17.3 Å². The number of amides is 2. The van der Waals surface area contributed by atoms with E-state index in [4.69, 9.17) is 17.3 Å². The van der Waals surface area contributed by atoms with Crippen molar-refractivity contribution in [1.82, 2.24) is 10.0 Å². The molecule has 4 aliphatic carbocycles. The van der Waals surface area contributed by atoms with Crippen LogP contribution in [0.5, 0.6) is 0 Å². The minimum Gasteiger partial charge on any atom is -0.369 e. The van der Waals surface area contributed by atoms with Crippen molar-refractivity contribution < 1.29 is 18.0 Å². The molecule has 2 atom stereocenters. The van der Waals surface area contributed by atoms with Crippen LogP contribution in [0.3, 0.4) is 0 Å². The average Bonchev–Trinajstić information content (AvgIpc) is 2.59. The monoisotopic (exact) mass is 453 g/mol. The number of carbonyl (C=O) groups excluding carboxylic acids is 2. The summed E-state index contributed by atoms with van der Waals surface area (Å²) in [6.45, 7) is 3.06. The number of hydrogen-bond acceptors (Lipinski definition) is 4. The predicted molar refractivity (Wildman–Crippen MR) is 113 cm³/mol. The molecule has 0 radical (unpaired) electrons. The van der Waals surface area contributed by atoms with Gasteiger partial charge in [-0.1, -0.05) is 23.7 Å². The number of hydrogen-bond donors (Lipinski definition) is 3. The van der Waals surface area contributed by atoms with E-state index in [1.807, 2.05) is 0 Å². The number of primary amides is 1. The highest BCUT2D eigenvalue weighted by atomic mass is 35.5. The minimum atomic E-state index is -4.00. The molecule has 0 saturated heterocycles. The fraction of sp³-hybridized carbons (Fsp3) is 0.619. The highest BCUT2D eigenvalue weighted by molar-refractivity contribution is 7.89. The van der Waals surface area contributed by atoms with Crippen LogP contribution in [0.15, 0.2) is 29.2 Å². The van der Waals surface area contributed by atoms with Gasteiger partial charge >= 0.3 is 0 Å². The Morgan fingerprint density at radius 1 is 1.13 bits per heavy atom. The van der Waals surface area contributed by atoms with Gasteiger partial charge in [-0.05, 0) is 76.3 Å². The van der Waals surface area contributed by atoms with Crippen LogP contribution >= 0.6 is 11.6 Å². The molecule has 4 fully saturated rings. The SMILES string of the molecule is CC(C)(NS(=O)(=O)c1ccccc1Cl)C(=O)NC12CC3CC(C1)CC(C(N)=O)(C3)C2. The third kappa shape index (κ3) is 3.63. The molecule has 4 bridgehead atoms. The Balaban J connectivity index is 1.55. The molecule has 0 heterocycles. The number of nitrogens with two attached hydrogens (primary N) is 1. The molecular formula is C21H28ClN3O4S. The van der Waals surface area contributed by atoms with Crippen molar-refractivity contribution in [3.8, 4) is 0 Å². The summed E-state index contributed by atoms with van der Waals surface area (Å²) in [6, 6.07) is 6.10. The van der Waals surface area contributed by atoms with Gasteiger partial charge in [-0.2, -0.15) is 4.72 Å². The van der Waals surface area contributed by atoms with E-state index in [9.17, 15) is 18.0 Å². The predicted octanol–water partition coefficient (Wildman–Crippen LogP) is 2.34. The number of halogens is 1. The first kappa shape index (κ1) is 21.6. The zero-order valence-electron chi connectivity index (χ0n) is 17.2. The van der Waals surface area contributed by atoms with Crippen LogP contribution in [0.25, 0.3) is 0 Å². The summed E-state index contributed by atoms with van der Waals surface area (Å²) < 4.78 is 28.2. The lowest BCUT2D eigenvalue weighted by atomic mass is 9.46. The Morgan fingerprint density at radius 3 is 2.30 bits per heavy atom. The van der Waals surface area contributed by atoms with Crippen molar-refractivity contribution in [2.75, 3.05) is 0 Å². The van der Waals surface area contributed by atoms with Gasteiger partial charge in [0.15, 0.2) is 0 Å². The Hall–Kier alpha value is -1.64. The number of benzene rings is 1. The zero-order valence-corrected chi connectivity index (χ0v) is 18.8. The smallest absolute Gasteiger partial charge is 0.243 e. The lowest BCUT2D eigenvalue weighted by molar-refractivity contribution is -0.151. The van der Waals surface area contributed by atoms with E-state index in [1.54, 1.807) is 12.1 Å². The van der Waals surface area contributed by atoms with Crippen LogP contribution in [-0.2, 0) is 19.6 Å². The van der Waals surface area contributed by atoms with Gasteiger partial charge in [-0.25, -0.2) is 8.42 Å². The summed E-state index contributed by atoms with van der Waals surface area (Å²) in [5.41, 5.74) is 3.30. The Kier molecular flexibility index (Phi) is 4.99. The molecule has 1 aromatic rings. The largest absolute Gasteiger partial charge is 0.369 e. The Bertz CT molecular complexity index is 993. The molecule has 4 N–H and O–H groups in total. The van der Waals surface area contributed by atoms with Crippen LogP contribution in [-0.4, -0.2) is 31.3 Å². The average molecular weight is 454 g/mol. The van der Waals surface area contributed by atoms with E-state index >= 15 is 0 Å². The topological polar surface area (TPSA) is 118 Å². The normalized spacial score (nSPS) is 32.8. The van der Waals surface area contributed by atoms with Gasteiger partial charge in [0.05, 0.1) is 10.4 Å². The van der Waals surface area contributed by atoms with Gasteiger partial charge in [0.2, 0.25) is 21.8 Å².